The second kappa shape index (κ2) is 8.53. The Balaban J connectivity index is 1.86. The van der Waals surface area contributed by atoms with Crippen LogP contribution in [0.15, 0.2) is 53.4 Å². The van der Waals surface area contributed by atoms with Gasteiger partial charge < -0.3 is 4.90 Å². The summed E-state index contributed by atoms with van der Waals surface area (Å²) in [5.41, 5.74) is 2.37. The molecule has 0 bridgehead atoms. The summed E-state index contributed by atoms with van der Waals surface area (Å²) in [6.07, 6.45) is 1.64. The van der Waals surface area contributed by atoms with E-state index in [1.807, 2.05) is 24.3 Å². The lowest BCUT2D eigenvalue weighted by Crippen LogP contribution is -2.27. The van der Waals surface area contributed by atoms with Gasteiger partial charge in [0.2, 0.25) is 0 Å². The van der Waals surface area contributed by atoms with Crippen molar-refractivity contribution in [3.63, 3.8) is 0 Å². The molecule has 0 saturated carbocycles. The fraction of sp³-hybridized carbons (Fsp3) is 0.200. The van der Waals surface area contributed by atoms with Gasteiger partial charge in [0.15, 0.2) is 4.32 Å². The first kappa shape index (κ1) is 20.0. The summed E-state index contributed by atoms with van der Waals surface area (Å²) in [6, 6.07) is 13.9. The summed E-state index contributed by atoms with van der Waals surface area (Å²) in [6.45, 7) is 6.00. The maximum Gasteiger partial charge on any atom is 0.270 e. The van der Waals surface area contributed by atoms with E-state index in [1.54, 1.807) is 18.2 Å². The summed E-state index contributed by atoms with van der Waals surface area (Å²) in [5.74, 6) is -0.225. The van der Waals surface area contributed by atoms with Crippen molar-refractivity contribution in [2.24, 2.45) is 0 Å². The normalized spacial score (nSPS) is 15.4. The van der Waals surface area contributed by atoms with Gasteiger partial charge in [0, 0.05) is 30.9 Å². The molecule has 1 heterocycles. The van der Waals surface area contributed by atoms with Gasteiger partial charge in [-0.05, 0) is 49.8 Å². The maximum atomic E-state index is 12.9. The minimum atomic E-state index is -0.458. The minimum Gasteiger partial charge on any atom is -0.372 e. The number of amides is 1. The van der Waals surface area contributed by atoms with Gasteiger partial charge in [-0.1, -0.05) is 36.1 Å². The number of anilines is 2. The molecule has 0 aromatic heterocycles. The lowest BCUT2D eigenvalue weighted by Gasteiger charge is -2.22. The molecule has 0 N–H and O–H groups in total. The second-order valence-electron chi connectivity index (χ2n) is 6.06. The molecule has 0 spiro atoms. The van der Waals surface area contributed by atoms with Gasteiger partial charge >= 0.3 is 0 Å². The highest BCUT2D eigenvalue weighted by Crippen LogP contribution is 2.36. The Labute approximate surface area is 173 Å². The summed E-state index contributed by atoms with van der Waals surface area (Å²) >= 11 is 6.59. The van der Waals surface area contributed by atoms with Gasteiger partial charge in [0.05, 0.1) is 15.5 Å². The Morgan fingerprint density at radius 2 is 1.86 bits per heavy atom. The monoisotopic (exact) mass is 413 g/mol. The Morgan fingerprint density at radius 3 is 2.46 bits per heavy atom. The number of hydrogen-bond acceptors (Lipinski definition) is 6. The van der Waals surface area contributed by atoms with Crippen LogP contribution in [0.25, 0.3) is 6.08 Å². The van der Waals surface area contributed by atoms with E-state index in [4.69, 9.17) is 12.2 Å². The summed E-state index contributed by atoms with van der Waals surface area (Å²) in [4.78, 5) is 27.5. The van der Waals surface area contributed by atoms with Gasteiger partial charge in [0.1, 0.15) is 0 Å². The Hall–Kier alpha value is -2.71. The minimum absolute atomic E-state index is 0.0174. The molecule has 2 aromatic rings. The van der Waals surface area contributed by atoms with E-state index in [-0.39, 0.29) is 11.6 Å². The molecule has 8 heteroatoms. The molecule has 1 fully saturated rings. The molecule has 2 aromatic carbocycles. The van der Waals surface area contributed by atoms with Crippen molar-refractivity contribution in [2.75, 3.05) is 22.9 Å². The molecule has 1 amide bonds. The fourth-order valence-electron chi connectivity index (χ4n) is 2.97. The number of non-ortho nitro benzene ring substituents is 1. The van der Waals surface area contributed by atoms with Crippen LogP contribution in [0.1, 0.15) is 19.4 Å². The molecule has 1 aliphatic rings. The maximum absolute atomic E-state index is 12.9. The third kappa shape index (κ3) is 4.07. The first-order chi connectivity index (χ1) is 13.4. The number of thiocarbonyl (C=S) groups is 1. The van der Waals surface area contributed by atoms with E-state index in [9.17, 15) is 14.9 Å². The molecule has 28 heavy (non-hydrogen) atoms. The molecule has 0 aliphatic carbocycles. The van der Waals surface area contributed by atoms with Crippen LogP contribution in [0.2, 0.25) is 0 Å². The summed E-state index contributed by atoms with van der Waals surface area (Å²) in [5, 5.41) is 10.9. The smallest absolute Gasteiger partial charge is 0.270 e. The van der Waals surface area contributed by atoms with E-state index in [1.165, 1.54) is 28.8 Å². The molecular weight excluding hydrogens is 394 g/mol. The number of hydrogen-bond donors (Lipinski definition) is 0. The number of carbonyl (C=O) groups excluding carboxylic acids is 1. The van der Waals surface area contributed by atoms with Gasteiger partial charge in [-0.15, -0.1) is 0 Å². The van der Waals surface area contributed by atoms with Crippen LogP contribution >= 0.6 is 24.0 Å². The summed E-state index contributed by atoms with van der Waals surface area (Å²) < 4.78 is 0.442. The highest BCUT2D eigenvalue weighted by molar-refractivity contribution is 8.27. The van der Waals surface area contributed by atoms with Crippen LogP contribution in [-0.2, 0) is 4.79 Å². The fourth-order valence-corrected chi connectivity index (χ4v) is 4.27. The Kier molecular flexibility index (Phi) is 6.11. The van der Waals surface area contributed by atoms with E-state index < -0.39 is 4.92 Å². The zero-order valence-electron chi connectivity index (χ0n) is 15.5. The molecule has 0 unspecified atom stereocenters. The molecule has 0 atom stereocenters. The molecule has 144 valence electrons. The highest BCUT2D eigenvalue weighted by atomic mass is 32.2. The summed E-state index contributed by atoms with van der Waals surface area (Å²) in [7, 11) is 0. The lowest BCUT2D eigenvalue weighted by molar-refractivity contribution is -0.384. The van der Waals surface area contributed by atoms with Crippen molar-refractivity contribution < 1.29 is 9.72 Å². The van der Waals surface area contributed by atoms with E-state index >= 15 is 0 Å². The van der Waals surface area contributed by atoms with Gasteiger partial charge in [-0.2, -0.15) is 0 Å². The number of nitrogens with zero attached hydrogens (tertiary/aromatic N) is 3. The van der Waals surface area contributed by atoms with Crippen molar-refractivity contribution in [1.82, 2.24) is 0 Å². The zero-order chi connectivity index (χ0) is 20.3. The number of benzene rings is 2. The third-order valence-corrected chi connectivity index (χ3v) is 5.71. The molecule has 6 nitrogen and oxygen atoms in total. The Morgan fingerprint density at radius 1 is 1.18 bits per heavy atom. The van der Waals surface area contributed by atoms with E-state index in [0.717, 1.165) is 18.8 Å². The standard InChI is InChI=1S/C20H19N3O3S2/c1-3-21(4-2)15-8-10-16(11-9-15)22-19(24)18(28-20(22)27)13-14-6-5-7-17(12-14)23(25)26/h5-13H,3-4H2,1-2H3. The number of nitro benzene ring substituents is 1. The van der Waals surface area contributed by atoms with Crippen molar-refractivity contribution >= 4 is 57.3 Å². The van der Waals surface area contributed by atoms with Gasteiger partial charge in [-0.3, -0.25) is 19.8 Å². The Bertz CT molecular complexity index is 953. The van der Waals surface area contributed by atoms with Crippen LogP contribution < -0.4 is 9.80 Å². The van der Waals surface area contributed by atoms with Crippen LogP contribution in [0, 0.1) is 10.1 Å². The van der Waals surface area contributed by atoms with E-state index in [2.05, 4.69) is 18.7 Å². The first-order valence-corrected chi connectivity index (χ1v) is 10.0. The quantitative estimate of drug-likeness (QED) is 0.292. The number of carbonyl (C=O) groups is 1. The first-order valence-electron chi connectivity index (χ1n) is 8.82. The predicted molar refractivity (Wildman–Crippen MR) is 119 cm³/mol. The van der Waals surface area contributed by atoms with Crippen LogP contribution in [0.5, 0.6) is 0 Å². The second-order valence-corrected chi connectivity index (χ2v) is 7.73. The largest absolute Gasteiger partial charge is 0.372 e. The molecule has 1 aliphatic heterocycles. The molecule has 1 saturated heterocycles. The van der Waals surface area contributed by atoms with Gasteiger partial charge in [0.25, 0.3) is 11.6 Å². The van der Waals surface area contributed by atoms with Crippen molar-refractivity contribution in [2.45, 2.75) is 13.8 Å². The van der Waals surface area contributed by atoms with Crippen LogP contribution in [0.4, 0.5) is 17.1 Å². The average Bonchev–Trinajstić information content (AvgIpc) is 2.97. The zero-order valence-corrected chi connectivity index (χ0v) is 17.1. The van der Waals surface area contributed by atoms with Crippen LogP contribution in [-0.4, -0.2) is 28.2 Å². The predicted octanol–water partition coefficient (Wildman–Crippen LogP) is 4.85. The number of rotatable bonds is 6. The SMILES string of the molecule is CCN(CC)c1ccc(N2C(=O)C(=Cc3cccc([N+](=O)[O-])c3)SC2=S)cc1. The van der Waals surface area contributed by atoms with Crippen molar-refractivity contribution in [1.29, 1.82) is 0 Å². The van der Waals surface area contributed by atoms with Gasteiger partial charge in [-0.25, -0.2) is 0 Å². The third-order valence-electron chi connectivity index (χ3n) is 4.41. The van der Waals surface area contributed by atoms with Crippen LogP contribution in [0.3, 0.4) is 0 Å². The molecular formula is C20H19N3O3S2. The lowest BCUT2D eigenvalue weighted by atomic mass is 10.2. The number of thioether (sulfide) groups is 1. The molecule has 0 radical (unpaired) electrons. The van der Waals surface area contributed by atoms with Crippen molar-refractivity contribution in [3.05, 3.63) is 69.1 Å². The number of nitro groups is 1. The highest BCUT2D eigenvalue weighted by Gasteiger charge is 2.33. The van der Waals surface area contributed by atoms with E-state index in [0.29, 0.717) is 20.5 Å². The topological polar surface area (TPSA) is 66.7 Å². The van der Waals surface area contributed by atoms with Crippen molar-refractivity contribution in [3.8, 4) is 0 Å². The molecule has 3 rings (SSSR count). The average molecular weight is 414 g/mol.